The number of aromatic nitrogens is 2. The average Bonchev–Trinajstić information content (AvgIpc) is 3.19. The standard InChI is InChI=1S/C22H31N3O2/c1-4-6-9-17(5-2)22(26)25-15-8-7-10-19(25)21-23-20(24-27-21)18-13-11-16(3)12-14-18/h11-14,17,19H,4-10,15H2,1-3H3/t17-,19+/m0/s1. The van der Waals surface area contributed by atoms with Gasteiger partial charge in [-0.3, -0.25) is 4.79 Å². The predicted octanol–water partition coefficient (Wildman–Crippen LogP) is 5.32. The van der Waals surface area contributed by atoms with Crippen LogP contribution in [-0.4, -0.2) is 27.5 Å². The largest absolute Gasteiger partial charge is 0.337 e. The van der Waals surface area contributed by atoms with E-state index in [1.54, 1.807) is 0 Å². The first-order chi connectivity index (χ1) is 13.1. The molecule has 146 valence electrons. The van der Waals surface area contributed by atoms with E-state index in [0.717, 1.165) is 57.1 Å². The Morgan fingerprint density at radius 3 is 2.74 bits per heavy atom. The summed E-state index contributed by atoms with van der Waals surface area (Å²) in [5.74, 6) is 1.53. The Balaban J connectivity index is 1.79. The van der Waals surface area contributed by atoms with Crippen LogP contribution in [0, 0.1) is 12.8 Å². The lowest BCUT2D eigenvalue weighted by atomic mass is 9.94. The fourth-order valence-electron chi connectivity index (χ4n) is 3.83. The van der Waals surface area contributed by atoms with Crippen LogP contribution in [0.5, 0.6) is 0 Å². The molecular formula is C22H31N3O2. The van der Waals surface area contributed by atoms with Crippen LogP contribution in [0.2, 0.25) is 0 Å². The van der Waals surface area contributed by atoms with Gasteiger partial charge in [0.25, 0.3) is 0 Å². The zero-order valence-electron chi connectivity index (χ0n) is 16.8. The Morgan fingerprint density at radius 2 is 2.04 bits per heavy atom. The Kier molecular flexibility index (Phi) is 6.64. The van der Waals surface area contributed by atoms with Gasteiger partial charge in [0.1, 0.15) is 6.04 Å². The summed E-state index contributed by atoms with van der Waals surface area (Å²) in [6.45, 7) is 7.12. The summed E-state index contributed by atoms with van der Waals surface area (Å²) in [6.07, 6.45) is 7.10. The summed E-state index contributed by atoms with van der Waals surface area (Å²) in [5.41, 5.74) is 2.14. The molecule has 3 rings (SSSR count). The third-order valence-corrected chi connectivity index (χ3v) is 5.57. The van der Waals surface area contributed by atoms with Crippen molar-refractivity contribution in [3.63, 3.8) is 0 Å². The van der Waals surface area contributed by atoms with Gasteiger partial charge in [0.15, 0.2) is 0 Å². The van der Waals surface area contributed by atoms with Crippen molar-refractivity contribution in [2.24, 2.45) is 5.92 Å². The van der Waals surface area contributed by atoms with E-state index in [4.69, 9.17) is 4.52 Å². The van der Waals surface area contributed by atoms with Crippen LogP contribution >= 0.6 is 0 Å². The zero-order chi connectivity index (χ0) is 19.2. The van der Waals surface area contributed by atoms with E-state index in [1.165, 1.54) is 5.56 Å². The lowest BCUT2D eigenvalue weighted by Crippen LogP contribution is -2.42. The van der Waals surface area contributed by atoms with Gasteiger partial charge in [-0.25, -0.2) is 0 Å². The number of unbranched alkanes of at least 4 members (excludes halogenated alkanes) is 1. The normalized spacial score (nSPS) is 18.5. The van der Waals surface area contributed by atoms with Crippen LogP contribution in [0.25, 0.3) is 11.4 Å². The second-order valence-corrected chi connectivity index (χ2v) is 7.61. The molecule has 0 unspecified atom stereocenters. The van der Waals surface area contributed by atoms with Crippen LogP contribution in [-0.2, 0) is 4.79 Å². The zero-order valence-corrected chi connectivity index (χ0v) is 16.8. The lowest BCUT2D eigenvalue weighted by molar-refractivity contribution is -0.140. The number of rotatable bonds is 7. The molecule has 5 nitrogen and oxygen atoms in total. The maximum atomic E-state index is 13.2. The van der Waals surface area contributed by atoms with Crippen molar-refractivity contribution < 1.29 is 9.32 Å². The number of benzene rings is 1. The van der Waals surface area contributed by atoms with Crippen molar-refractivity contribution in [1.29, 1.82) is 0 Å². The number of piperidine rings is 1. The van der Waals surface area contributed by atoms with Crippen LogP contribution in [0.15, 0.2) is 28.8 Å². The molecule has 2 heterocycles. The molecule has 2 atom stereocenters. The highest BCUT2D eigenvalue weighted by atomic mass is 16.5. The minimum absolute atomic E-state index is 0.0892. The summed E-state index contributed by atoms with van der Waals surface area (Å²) < 4.78 is 5.61. The number of aryl methyl sites for hydroxylation is 1. The van der Waals surface area contributed by atoms with Crippen molar-refractivity contribution in [3.05, 3.63) is 35.7 Å². The van der Waals surface area contributed by atoms with Crippen LogP contribution in [0.4, 0.5) is 0 Å². The average molecular weight is 370 g/mol. The quantitative estimate of drug-likeness (QED) is 0.663. The van der Waals surface area contributed by atoms with E-state index in [1.807, 2.05) is 29.2 Å². The van der Waals surface area contributed by atoms with E-state index in [9.17, 15) is 4.79 Å². The molecule has 0 aliphatic carbocycles. The molecule has 1 aromatic heterocycles. The van der Waals surface area contributed by atoms with E-state index >= 15 is 0 Å². The SMILES string of the molecule is CCCC[C@H](CC)C(=O)N1CCCC[C@@H]1c1nc(-c2ccc(C)cc2)no1. The topological polar surface area (TPSA) is 59.2 Å². The second kappa shape index (κ2) is 9.16. The molecule has 1 aliphatic heterocycles. The fraction of sp³-hybridized carbons (Fsp3) is 0.591. The molecule has 0 bridgehead atoms. The van der Waals surface area contributed by atoms with Crippen molar-refractivity contribution in [3.8, 4) is 11.4 Å². The summed E-state index contributed by atoms with van der Waals surface area (Å²) in [7, 11) is 0. The molecule has 0 radical (unpaired) electrons. The molecule has 1 saturated heterocycles. The monoisotopic (exact) mass is 369 g/mol. The van der Waals surface area contributed by atoms with Crippen LogP contribution in [0.1, 0.15) is 76.3 Å². The summed E-state index contributed by atoms with van der Waals surface area (Å²) in [5, 5.41) is 4.18. The van der Waals surface area contributed by atoms with Gasteiger partial charge in [-0.05, 0) is 39.0 Å². The predicted molar refractivity (Wildman–Crippen MR) is 106 cm³/mol. The third kappa shape index (κ3) is 4.57. The summed E-state index contributed by atoms with van der Waals surface area (Å²) >= 11 is 0. The van der Waals surface area contributed by atoms with E-state index in [2.05, 4.69) is 30.9 Å². The van der Waals surface area contributed by atoms with Crippen molar-refractivity contribution in [2.45, 2.75) is 71.8 Å². The number of amides is 1. The number of nitrogens with zero attached hydrogens (tertiary/aromatic N) is 3. The van der Waals surface area contributed by atoms with Gasteiger partial charge in [-0.15, -0.1) is 0 Å². The fourth-order valence-corrected chi connectivity index (χ4v) is 3.83. The molecule has 1 fully saturated rings. The molecule has 1 aromatic carbocycles. The highest BCUT2D eigenvalue weighted by Crippen LogP contribution is 2.33. The minimum Gasteiger partial charge on any atom is -0.337 e. The molecule has 2 aromatic rings. The Bertz CT molecular complexity index is 738. The first-order valence-electron chi connectivity index (χ1n) is 10.3. The molecule has 1 amide bonds. The molecule has 0 saturated carbocycles. The molecule has 27 heavy (non-hydrogen) atoms. The van der Waals surface area contributed by atoms with Gasteiger partial charge in [0, 0.05) is 18.0 Å². The minimum atomic E-state index is -0.0892. The van der Waals surface area contributed by atoms with Gasteiger partial charge in [0.05, 0.1) is 0 Å². The van der Waals surface area contributed by atoms with Gasteiger partial charge in [-0.1, -0.05) is 61.7 Å². The Morgan fingerprint density at radius 1 is 1.26 bits per heavy atom. The smallest absolute Gasteiger partial charge is 0.249 e. The third-order valence-electron chi connectivity index (χ3n) is 5.57. The first-order valence-corrected chi connectivity index (χ1v) is 10.3. The van der Waals surface area contributed by atoms with Crippen LogP contribution in [0.3, 0.4) is 0 Å². The molecule has 0 spiro atoms. The van der Waals surface area contributed by atoms with Crippen molar-refractivity contribution >= 4 is 5.91 Å². The highest BCUT2D eigenvalue weighted by molar-refractivity contribution is 5.79. The Hall–Kier alpha value is -2.17. The number of likely N-dealkylation sites (tertiary alicyclic amines) is 1. The number of carbonyl (C=O) groups is 1. The highest BCUT2D eigenvalue weighted by Gasteiger charge is 2.34. The van der Waals surface area contributed by atoms with E-state index in [0.29, 0.717) is 11.7 Å². The first kappa shape index (κ1) is 19.6. The molecule has 5 heteroatoms. The van der Waals surface area contributed by atoms with Gasteiger partial charge in [0.2, 0.25) is 17.6 Å². The van der Waals surface area contributed by atoms with Crippen molar-refractivity contribution in [2.75, 3.05) is 6.54 Å². The van der Waals surface area contributed by atoms with E-state index in [-0.39, 0.29) is 17.9 Å². The lowest BCUT2D eigenvalue weighted by Gasteiger charge is -2.35. The second-order valence-electron chi connectivity index (χ2n) is 7.61. The van der Waals surface area contributed by atoms with E-state index < -0.39 is 0 Å². The van der Waals surface area contributed by atoms with Gasteiger partial charge >= 0.3 is 0 Å². The molecule has 1 aliphatic rings. The number of hydrogen-bond acceptors (Lipinski definition) is 4. The molecule has 0 N–H and O–H groups in total. The number of hydrogen-bond donors (Lipinski definition) is 0. The summed E-state index contributed by atoms with van der Waals surface area (Å²) in [4.78, 5) is 19.8. The van der Waals surface area contributed by atoms with Crippen LogP contribution < -0.4 is 0 Å². The maximum absolute atomic E-state index is 13.2. The maximum Gasteiger partial charge on any atom is 0.249 e. The summed E-state index contributed by atoms with van der Waals surface area (Å²) in [6, 6.07) is 8.01. The van der Waals surface area contributed by atoms with Gasteiger partial charge < -0.3 is 9.42 Å². The Labute approximate surface area is 162 Å². The molecular weight excluding hydrogens is 338 g/mol. The van der Waals surface area contributed by atoms with Gasteiger partial charge in [-0.2, -0.15) is 4.98 Å². The van der Waals surface area contributed by atoms with Crippen molar-refractivity contribution in [1.82, 2.24) is 15.0 Å². The number of carbonyl (C=O) groups excluding carboxylic acids is 1.